The molecule has 10 nitrogen and oxygen atoms in total. The Kier molecular flexibility index (Phi) is 7.42. The molecule has 1 saturated heterocycles. The number of hydrogen-bond acceptors (Lipinski definition) is 9. The third-order valence-corrected chi connectivity index (χ3v) is 6.90. The molecule has 0 aromatic heterocycles. The average molecular weight is 483 g/mol. The van der Waals surface area contributed by atoms with Crippen molar-refractivity contribution in [2.75, 3.05) is 17.3 Å². The van der Waals surface area contributed by atoms with Gasteiger partial charge in [0, 0.05) is 17.9 Å². The third-order valence-electron chi connectivity index (χ3n) is 4.35. The minimum atomic E-state index is -0.795. The number of carbonyl (C=O) groups excluding carboxylic acids is 3. The van der Waals surface area contributed by atoms with Crippen LogP contribution in [0.2, 0.25) is 0 Å². The van der Waals surface area contributed by atoms with Crippen molar-refractivity contribution in [2.24, 2.45) is 0 Å². The summed E-state index contributed by atoms with van der Waals surface area (Å²) in [6.07, 6.45) is 0. The van der Waals surface area contributed by atoms with E-state index in [0.29, 0.717) is 5.56 Å². The standard InChI is InChI=1S/C18H15ClN4O6S2/c19-12-8-31-17-14(21-13(24)9-30-6-5-20)16(25)22(17)15(12)18(26)29-7-10-1-3-11(4-2-10)23(27)28/h1-4,14,17H,6-9H2,(H,21,24)/t14?,17-/m1/s1. The van der Waals surface area contributed by atoms with Gasteiger partial charge in [-0.05, 0) is 17.7 Å². The van der Waals surface area contributed by atoms with Crippen LogP contribution in [0, 0.1) is 21.4 Å². The number of amides is 2. The lowest BCUT2D eigenvalue weighted by atomic mass is 10.1. The number of non-ortho nitro benzene ring substituents is 1. The van der Waals surface area contributed by atoms with E-state index in [1.165, 1.54) is 40.9 Å². The molecular formula is C18H15ClN4O6S2. The van der Waals surface area contributed by atoms with Crippen LogP contribution in [0.25, 0.3) is 0 Å². The van der Waals surface area contributed by atoms with Crippen LogP contribution in [0.1, 0.15) is 5.56 Å². The molecule has 13 heteroatoms. The smallest absolute Gasteiger partial charge is 0.356 e. The highest BCUT2D eigenvalue weighted by molar-refractivity contribution is 8.00. The van der Waals surface area contributed by atoms with Gasteiger partial charge >= 0.3 is 5.97 Å². The molecule has 2 heterocycles. The van der Waals surface area contributed by atoms with Gasteiger partial charge in [0.1, 0.15) is 23.7 Å². The van der Waals surface area contributed by atoms with Crippen LogP contribution in [-0.2, 0) is 25.7 Å². The van der Waals surface area contributed by atoms with E-state index in [1.54, 1.807) is 0 Å². The van der Waals surface area contributed by atoms with E-state index in [-0.39, 0.29) is 46.2 Å². The summed E-state index contributed by atoms with van der Waals surface area (Å²) in [4.78, 5) is 48.5. The van der Waals surface area contributed by atoms with Gasteiger partial charge in [-0.3, -0.25) is 24.6 Å². The number of fused-ring (bicyclic) bond motifs is 1. The summed E-state index contributed by atoms with van der Waals surface area (Å²) in [5, 5.41) is 21.5. The van der Waals surface area contributed by atoms with Crippen molar-refractivity contribution in [1.29, 1.82) is 5.26 Å². The molecule has 0 radical (unpaired) electrons. The first kappa shape index (κ1) is 22.9. The highest BCUT2D eigenvalue weighted by Gasteiger charge is 2.54. The Morgan fingerprint density at radius 2 is 2.13 bits per heavy atom. The lowest BCUT2D eigenvalue weighted by Gasteiger charge is -2.49. The normalized spacial score (nSPS) is 19.7. The maximum absolute atomic E-state index is 12.6. The summed E-state index contributed by atoms with van der Waals surface area (Å²) in [6, 6.07) is 6.64. The van der Waals surface area contributed by atoms with Gasteiger partial charge in [-0.1, -0.05) is 11.6 Å². The van der Waals surface area contributed by atoms with Crippen LogP contribution < -0.4 is 5.32 Å². The number of halogens is 1. The molecule has 3 rings (SSSR count). The second-order valence-corrected chi connectivity index (χ2v) is 8.91. The van der Waals surface area contributed by atoms with Gasteiger partial charge in [-0.25, -0.2) is 4.79 Å². The molecule has 0 aliphatic carbocycles. The van der Waals surface area contributed by atoms with Gasteiger partial charge < -0.3 is 10.1 Å². The maximum atomic E-state index is 12.6. The number of nitriles is 1. The minimum Gasteiger partial charge on any atom is -0.456 e. The number of carbonyl (C=O) groups is 3. The number of nitro groups is 1. The molecule has 1 fully saturated rings. The Labute approximate surface area is 190 Å². The van der Waals surface area contributed by atoms with E-state index < -0.39 is 28.2 Å². The van der Waals surface area contributed by atoms with E-state index in [2.05, 4.69) is 5.32 Å². The first-order chi connectivity index (χ1) is 14.8. The zero-order valence-electron chi connectivity index (χ0n) is 15.8. The number of nitrogens with one attached hydrogen (secondary N) is 1. The van der Waals surface area contributed by atoms with Gasteiger partial charge in [0.25, 0.3) is 11.6 Å². The second-order valence-electron chi connectivity index (χ2n) is 6.36. The molecule has 1 N–H and O–H groups in total. The third kappa shape index (κ3) is 5.12. The van der Waals surface area contributed by atoms with Crippen molar-refractivity contribution in [3.8, 4) is 6.07 Å². The summed E-state index contributed by atoms with van der Waals surface area (Å²) in [7, 11) is 0. The summed E-state index contributed by atoms with van der Waals surface area (Å²) < 4.78 is 5.25. The van der Waals surface area contributed by atoms with Crippen molar-refractivity contribution >= 4 is 58.6 Å². The Hall–Kier alpha value is -2.75. The maximum Gasteiger partial charge on any atom is 0.356 e. The largest absolute Gasteiger partial charge is 0.456 e. The van der Waals surface area contributed by atoms with Crippen LogP contribution in [0.3, 0.4) is 0 Å². The van der Waals surface area contributed by atoms with Gasteiger partial charge in [0.15, 0.2) is 0 Å². The number of thioether (sulfide) groups is 2. The fraction of sp³-hybridized carbons (Fsp3) is 0.333. The number of nitrogens with zero attached hydrogens (tertiary/aromatic N) is 3. The molecule has 1 aromatic carbocycles. The summed E-state index contributed by atoms with van der Waals surface area (Å²) >= 11 is 8.63. The number of benzene rings is 1. The minimum absolute atomic E-state index is 0.0510. The fourth-order valence-electron chi connectivity index (χ4n) is 2.91. The lowest BCUT2D eigenvalue weighted by Crippen LogP contribution is -2.70. The van der Waals surface area contributed by atoms with E-state index in [9.17, 15) is 24.5 Å². The van der Waals surface area contributed by atoms with Crippen LogP contribution in [0.15, 0.2) is 35.0 Å². The monoisotopic (exact) mass is 482 g/mol. The molecule has 0 spiro atoms. The number of β-lactam (4-membered cyclic amide) rings is 1. The summed E-state index contributed by atoms with van der Waals surface area (Å²) in [5.74, 6) is -1.16. The van der Waals surface area contributed by atoms with Crippen molar-refractivity contribution in [3.05, 3.63) is 50.7 Å². The summed E-state index contributed by atoms with van der Waals surface area (Å²) in [5.41, 5.74) is 0.382. The number of hydrogen-bond donors (Lipinski definition) is 1. The van der Waals surface area contributed by atoms with Gasteiger partial charge in [-0.15, -0.1) is 23.5 Å². The van der Waals surface area contributed by atoms with E-state index >= 15 is 0 Å². The SMILES string of the molecule is N#CCSCC(=O)NC1C(=O)N2C(C(=O)OCc3ccc([N+](=O)[O-])cc3)=C(Cl)CS[C@H]12. The molecule has 2 aliphatic rings. The predicted molar refractivity (Wildman–Crippen MR) is 114 cm³/mol. The summed E-state index contributed by atoms with van der Waals surface area (Å²) in [6.45, 7) is -0.152. The van der Waals surface area contributed by atoms with E-state index in [1.807, 2.05) is 6.07 Å². The molecule has 1 aromatic rings. The van der Waals surface area contributed by atoms with Gasteiger partial charge in [0.05, 0.1) is 27.5 Å². The topological polar surface area (TPSA) is 143 Å². The van der Waals surface area contributed by atoms with Crippen molar-refractivity contribution < 1.29 is 24.0 Å². The van der Waals surface area contributed by atoms with Crippen molar-refractivity contribution in [3.63, 3.8) is 0 Å². The van der Waals surface area contributed by atoms with Crippen LogP contribution in [0.4, 0.5) is 5.69 Å². The average Bonchev–Trinajstić information content (AvgIpc) is 2.76. The molecule has 31 heavy (non-hydrogen) atoms. The number of ether oxygens (including phenoxy) is 1. The van der Waals surface area contributed by atoms with E-state index in [0.717, 1.165) is 11.8 Å². The first-order valence-electron chi connectivity index (χ1n) is 8.81. The highest BCUT2D eigenvalue weighted by atomic mass is 35.5. The molecule has 1 unspecified atom stereocenters. The highest BCUT2D eigenvalue weighted by Crippen LogP contribution is 2.41. The van der Waals surface area contributed by atoms with Crippen LogP contribution in [0.5, 0.6) is 0 Å². The molecule has 0 bridgehead atoms. The van der Waals surface area contributed by atoms with E-state index in [4.69, 9.17) is 21.6 Å². The molecule has 2 atom stereocenters. The van der Waals surface area contributed by atoms with Gasteiger partial charge in [-0.2, -0.15) is 5.26 Å². The molecule has 2 aliphatic heterocycles. The Bertz CT molecular complexity index is 994. The molecule has 0 saturated carbocycles. The number of nitro benzene ring substituents is 1. The van der Waals surface area contributed by atoms with Crippen molar-refractivity contribution in [1.82, 2.24) is 10.2 Å². The van der Waals surface area contributed by atoms with Gasteiger partial charge in [0.2, 0.25) is 5.91 Å². The van der Waals surface area contributed by atoms with Crippen molar-refractivity contribution in [2.45, 2.75) is 18.0 Å². The zero-order valence-corrected chi connectivity index (χ0v) is 18.2. The molecular weight excluding hydrogens is 468 g/mol. The first-order valence-corrected chi connectivity index (χ1v) is 11.4. The Balaban J connectivity index is 1.60. The molecule has 162 valence electrons. The van der Waals surface area contributed by atoms with Crippen LogP contribution >= 0.6 is 35.1 Å². The zero-order chi connectivity index (χ0) is 22.5. The molecule has 2 amide bonds. The Morgan fingerprint density at radius 3 is 2.77 bits per heavy atom. The second kappa shape index (κ2) is 10.0. The number of rotatable bonds is 8. The predicted octanol–water partition coefficient (Wildman–Crippen LogP) is 1.75. The quantitative estimate of drug-likeness (QED) is 0.192. The fourth-order valence-corrected chi connectivity index (χ4v) is 4.92. The lowest BCUT2D eigenvalue weighted by molar-refractivity contribution is -0.384. The van der Waals surface area contributed by atoms with Crippen LogP contribution in [-0.4, -0.2) is 56.3 Å². The Morgan fingerprint density at radius 1 is 1.42 bits per heavy atom. The number of esters is 1.